The second-order valence-electron chi connectivity index (χ2n) is 7.47. The Kier molecular flexibility index (Phi) is 3.91. The number of aromatic nitrogens is 5. The lowest BCUT2D eigenvalue weighted by Crippen LogP contribution is -2.40. The number of hydrogen-bond donors (Lipinski definition) is 0. The van der Waals surface area contributed by atoms with Crippen LogP contribution in [0.1, 0.15) is 22.6 Å². The average molecular weight is 361 g/mol. The number of imidazole rings is 2. The third-order valence-corrected chi connectivity index (χ3v) is 5.66. The van der Waals surface area contributed by atoms with Crippen LogP contribution in [0.2, 0.25) is 0 Å². The highest BCUT2D eigenvalue weighted by Crippen LogP contribution is 2.27. The second-order valence-corrected chi connectivity index (χ2v) is 7.47. The van der Waals surface area contributed by atoms with Gasteiger partial charge in [-0.3, -0.25) is 4.40 Å². The van der Waals surface area contributed by atoms with Gasteiger partial charge in [0.05, 0.1) is 11.4 Å². The van der Waals surface area contributed by atoms with Crippen molar-refractivity contribution in [3.05, 3.63) is 59.2 Å². The van der Waals surface area contributed by atoms with Crippen LogP contribution < -0.4 is 9.13 Å². The maximum atomic E-state index is 4.77. The van der Waals surface area contributed by atoms with Crippen LogP contribution in [-0.4, -0.2) is 14.0 Å². The molecule has 5 heteroatoms. The smallest absolute Gasteiger partial charge is 0.277 e. The van der Waals surface area contributed by atoms with Crippen molar-refractivity contribution in [1.82, 2.24) is 14.0 Å². The fraction of sp³-hybridized carbons (Fsp3) is 0.318. The lowest BCUT2D eigenvalue weighted by Gasteiger charge is -2.07. The van der Waals surface area contributed by atoms with E-state index in [1.807, 2.05) is 0 Å². The first-order valence-electron chi connectivity index (χ1n) is 9.28. The quantitative estimate of drug-likeness (QED) is 0.505. The molecule has 4 heterocycles. The van der Waals surface area contributed by atoms with E-state index in [0.29, 0.717) is 0 Å². The molecule has 4 aromatic rings. The van der Waals surface area contributed by atoms with Crippen LogP contribution >= 0.6 is 0 Å². The van der Waals surface area contributed by atoms with E-state index in [2.05, 4.69) is 103 Å². The molecule has 0 aliphatic heterocycles. The van der Waals surface area contributed by atoms with Gasteiger partial charge in [-0.1, -0.05) is 0 Å². The van der Waals surface area contributed by atoms with E-state index in [1.54, 1.807) is 0 Å². The first-order valence-corrected chi connectivity index (χ1v) is 9.28. The molecule has 4 aromatic heterocycles. The van der Waals surface area contributed by atoms with Gasteiger partial charge in [0.25, 0.3) is 11.4 Å². The molecular weight excluding hydrogens is 334 g/mol. The summed E-state index contributed by atoms with van der Waals surface area (Å²) in [6, 6.07) is 10.8. The summed E-state index contributed by atoms with van der Waals surface area (Å²) in [6.07, 6.45) is 2.16. The van der Waals surface area contributed by atoms with Gasteiger partial charge in [-0.05, 0) is 39.8 Å². The van der Waals surface area contributed by atoms with E-state index in [9.17, 15) is 0 Å². The van der Waals surface area contributed by atoms with Crippen molar-refractivity contribution < 1.29 is 9.13 Å². The predicted octanol–water partition coefficient (Wildman–Crippen LogP) is 2.89. The summed E-state index contributed by atoms with van der Waals surface area (Å²) in [4.78, 5) is 4.77. The molecule has 138 valence electrons. The minimum atomic E-state index is 0.990. The lowest BCUT2D eigenvalue weighted by atomic mass is 10.1. The Morgan fingerprint density at radius 3 is 2.22 bits per heavy atom. The summed E-state index contributed by atoms with van der Waals surface area (Å²) in [6.45, 7) is 8.50. The van der Waals surface area contributed by atoms with Crippen molar-refractivity contribution in [2.24, 2.45) is 21.1 Å². The monoisotopic (exact) mass is 361 g/mol. The number of rotatable bonds is 2. The molecule has 5 nitrogen and oxygen atoms in total. The zero-order valence-corrected chi connectivity index (χ0v) is 17.2. The Morgan fingerprint density at radius 1 is 0.852 bits per heavy atom. The van der Waals surface area contributed by atoms with Crippen molar-refractivity contribution in [2.75, 3.05) is 0 Å². The van der Waals surface area contributed by atoms with Crippen LogP contribution in [0, 0.1) is 27.7 Å². The van der Waals surface area contributed by atoms with Crippen LogP contribution in [0.5, 0.6) is 0 Å². The maximum absolute atomic E-state index is 4.77. The molecule has 0 amide bonds. The minimum Gasteiger partial charge on any atom is -0.308 e. The molecule has 0 saturated heterocycles. The molecule has 0 fully saturated rings. The minimum absolute atomic E-state index is 0.990. The van der Waals surface area contributed by atoms with Crippen molar-refractivity contribution in [2.45, 2.75) is 27.7 Å². The molecule has 0 aliphatic carbocycles. The number of fused-ring (bicyclic) bond motifs is 1. The SMILES string of the molecule is Cc1ccc(-c2cccc(-c3c(C)n4c(C)c(C)nc4n3C)[n+]2C)[n+](C)c1. The van der Waals surface area contributed by atoms with Gasteiger partial charge in [-0.2, -0.15) is 9.13 Å². The van der Waals surface area contributed by atoms with Gasteiger partial charge in [0.1, 0.15) is 19.8 Å². The average Bonchev–Trinajstić information content (AvgIpc) is 3.04. The topological polar surface area (TPSA) is 30.0 Å². The van der Waals surface area contributed by atoms with Crippen LogP contribution in [0.3, 0.4) is 0 Å². The summed E-state index contributed by atoms with van der Waals surface area (Å²) in [5.41, 5.74) is 9.50. The number of pyridine rings is 2. The van der Waals surface area contributed by atoms with Gasteiger partial charge < -0.3 is 4.57 Å². The Balaban J connectivity index is 1.98. The first kappa shape index (κ1) is 17.5. The van der Waals surface area contributed by atoms with Gasteiger partial charge in [-0.15, -0.1) is 0 Å². The number of aryl methyl sites for hydroxylation is 6. The van der Waals surface area contributed by atoms with Crippen LogP contribution in [0.15, 0.2) is 36.5 Å². The Bertz CT molecular complexity index is 1190. The molecular formula is C22H27N5+2. The highest BCUT2D eigenvalue weighted by Gasteiger charge is 2.27. The van der Waals surface area contributed by atoms with Crippen LogP contribution in [-0.2, 0) is 21.1 Å². The maximum Gasteiger partial charge on any atom is 0.277 e. The summed E-state index contributed by atoms with van der Waals surface area (Å²) < 4.78 is 8.91. The number of nitrogens with zero attached hydrogens (tertiary/aromatic N) is 5. The fourth-order valence-electron chi connectivity index (χ4n) is 4.12. The lowest BCUT2D eigenvalue weighted by molar-refractivity contribution is -0.685. The molecule has 0 N–H and O–H groups in total. The molecule has 0 radical (unpaired) electrons. The zero-order chi connectivity index (χ0) is 19.5. The largest absolute Gasteiger partial charge is 0.308 e. The summed E-state index contributed by atoms with van der Waals surface area (Å²) in [5.74, 6) is 0.990. The molecule has 0 spiro atoms. The fourth-order valence-corrected chi connectivity index (χ4v) is 4.12. The summed E-state index contributed by atoms with van der Waals surface area (Å²) in [5, 5.41) is 0. The molecule has 0 bridgehead atoms. The molecule has 0 atom stereocenters. The molecule has 4 rings (SSSR count). The Hall–Kier alpha value is -2.95. The molecule has 27 heavy (non-hydrogen) atoms. The molecule has 0 unspecified atom stereocenters. The Labute approximate surface area is 160 Å². The van der Waals surface area contributed by atoms with E-state index >= 15 is 0 Å². The van der Waals surface area contributed by atoms with Crippen molar-refractivity contribution in [3.8, 4) is 22.8 Å². The van der Waals surface area contributed by atoms with Gasteiger partial charge in [0.15, 0.2) is 6.20 Å². The van der Waals surface area contributed by atoms with E-state index in [1.165, 1.54) is 39.7 Å². The van der Waals surface area contributed by atoms with E-state index in [4.69, 9.17) is 4.98 Å². The highest BCUT2D eigenvalue weighted by atomic mass is 15.2. The zero-order valence-electron chi connectivity index (χ0n) is 17.2. The second kappa shape index (κ2) is 6.05. The van der Waals surface area contributed by atoms with Crippen LogP contribution in [0.4, 0.5) is 0 Å². The Morgan fingerprint density at radius 2 is 1.56 bits per heavy atom. The third kappa shape index (κ3) is 2.49. The van der Waals surface area contributed by atoms with E-state index < -0.39 is 0 Å². The third-order valence-electron chi connectivity index (χ3n) is 5.66. The van der Waals surface area contributed by atoms with Gasteiger partial charge in [0, 0.05) is 36.5 Å². The van der Waals surface area contributed by atoms with Crippen molar-refractivity contribution in [1.29, 1.82) is 0 Å². The van der Waals surface area contributed by atoms with E-state index in [0.717, 1.165) is 11.5 Å². The normalized spacial score (nSPS) is 11.5. The standard InChI is InChI=1S/C22H27N5/c1-14-11-12-18(24(5)13-14)19-9-8-10-20(25(19)6)21-17(4)27-16(3)15(2)23-22(27)26(21)7/h8-13H,1-7H3/q+2. The first-order chi connectivity index (χ1) is 12.8. The van der Waals surface area contributed by atoms with Gasteiger partial charge in [-0.25, -0.2) is 4.98 Å². The van der Waals surface area contributed by atoms with Crippen molar-refractivity contribution in [3.63, 3.8) is 0 Å². The summed E-state index contributed by atoms with van der Waals surface area (Å²) in [7, 11) is 6.34. The van der Waals surface area contributed by atoms with Crippen molar-refractivity contribution >= 4 is 5.78 Å². The molecule has 0 saturated carbocycles. The number of hydrogen-bond acceptors (Lipinski definition) is 1. The van der Waals surface area contributed by atoms with Gasteiger partial charge >= 0.3 is 0 Å². The van der Waals surface area contributed by atoms with Gasteiger partial charge in [0.2, 0.25) is 11.5 Å². The molecule has 0 aliphatic rings. The summed E-state index contributed by atoms with van der Waals surface area (Å²) >= 11 is 0. The highest BCUT2D eigenvalue weighted by molar-refractivity contribution is 5.63. The van der Waals surface area contributed by atoms with E-state index in [-0.39, 0.29) is 0 Å². The molecule has 0 aromatic carbocycles. The predicted molar refractivity (Wildman–Crippen MR) is 106 cm³/mol. The van der Waals surface area contributed by atoms with Crippen LogP contribution in [0.25, 0.3) is 28.6 Å².